The van der Waals surface area contributed by atoms with Gasteiger partial charge >= 0.3 is 0 Å². The van der Waals surface area contributed by atoms with Gasteiger partial charge in [-0.15, -0.1) is 0 Å². The van der Waals surface area contributed by atoms with E-state index in [-0.39, 0.29) is 5.60 Å². The monoisotopic (exact) mass is 439 g/mol. The van der Waals surface area contributed by atoms with E-state index < -0.39 is 0 Å². The van der Waals surface area contributed by atoms with Crippen LogP contribution in [0.15, 0.2) is 0 Å². The molecule has 0 saturated heterocycles. The van der Waals surface area contributed by atoms with Gasteiger partial charge in [-0.05, 0) is 87.8 Å². The smallest absolute Gasteiger partial charge is 0.127 e. The highest BCUT2D eigenvalue weighted by Crippen LogP contribution is 2.44. The SMILES string of the molecule is CC(C)CCC[C@@H](C)CCC[C@@H](C)CCCC1(C)CC[13c]2[13c]([13CH3])[13c](O)[13c]([13CH3])[13c]([13CH3])[13c]2O1. The van der Waals surface area contributed by atoms with Gasteiger partial charge in [0.15, 0.2) is 0 Å². The molecule has 0 amide bonds. The van der Waals surface area contributed by atoms with Gasteiger partial charge in [0.1, 0.15) is 17.1 Å². The Morgan fingerprint density at radius 1 is 0.806 bits per heavy atom. The molecule has 0 spiro atoms. The molecular formula is C29H50O2. The molecule has 31 heavy (non-hydrogen) atoms. The summed E-state index contributed by atoms with van der Waals surface area (Å²) in [4.78, 5) is 0. The fourth-order valence-corrected chi connectivity index (χ4v) is 5.27. The van der Waals surface area contributed by atoms with Crippen LogP contribution in [0, 0.1) is 38.5 Å². The quantitative estimate of drug-likeness (QED) is 0.330. The molecule has 0 saturated carbocycles. The van der Waals surface area contributed by atoms with Crippen LogP contribution in [0.25, 0.3) is 0 Å². The van der Waals surface area contributed by atoms with E-state index in [1.54, 1.807) is 0 Å². The molecule has 0 aliphatic carbocycles. The third-order valence-electron chi connectivity index (χ3n) is 7.87. The molecule has 0 fully saturated rings. The normalized spacial score (nSPS) is 20.4. The summed E-state index contributed by atoms with van der Waals surface area (Å²) in [7, 11) is 0. The van der Waals surface area contributed by atoms with Crippen molar-refractivity contribution in [3.05, 3.63) is 22.3 Å². The van der Waals surface area contributed by atoms with Gasteiger partial charge in [-0.25, -0.2) is 0 Å². The lowest BCUT2D eigenvalue weighted by molar-refractivity contribution is 0.0512. The first-order valence-corrected chi connectivity index (χ1v) is 13.0. The zero-order chi connectivity index (χ0) is 23.2. The van der Waals surface area contributed by atoms with E-state index >= 15 is 0 Å². The maximum absolute atomic E-state index is 10.4. The van der Waals surface area contributed by atoms with Gasteiger partial charge in [0.05, 0.1) is 0 Å². The van der Waals surface area contributed by atoms with E-state index in [9.17, 15) is 5.11 Å². The molecule has 2 heteroatoms. The molecule has 1 N–H and O–H groups in total. The number of rotatable bonds is 12. The van der Waals surface area contributed by atoms with Crippen LogP contribution in [-0.4, -0.2) is 10.7 Å². The van der Waals surface area contributed by atoms with Crippen molar-refractivity contribution in [1.29, 1.82) is 0 Å². The Morgan fingerprint density at radius 2 is 1.35 bits per heavy atom. The Balaban J connectivity index is 1.74. The van der Waals surface area contributed by atoms with Crippen LogP contribution in [0.3, 0.4) is 0 Å². The largest absolute Gasteiger partial charge is 0.507 e. The van der Waals surface area contributed by atoms with Gasteiger partial charge < -0.3 is 9.84 Å². The molecule has 1 aromatic rings. The molecule has 1 unspecified atom stereocenters. The number of phenols is 1. The first kappa shape index (κ1) is 26.1. The molecule has 0 aromatic heterocycles. The van der Waals surface area contributed by atoms with Crippen LogP contribution in [0.1, 0.15) is 121 Å². The number of ether oxygens (including phenoxy) is 1. The minimum Gasteiger partial charge on any atom is -0.507 e. The summed E-state index contributed by atoms with van der Waals surface area (Å²) >= 11 is 0. The lowest BCUT2D eigenvalue weighted by atomic mass is 9.89. The van der Waals surface area contributed by atoms with Crippen molar-refractivity contribution in [1.82, 2.24) is 0 Å². The van der Waals surface area contributed by atoms with E-state index in [0.717, 1.165) is 59.5 Å². The molecular weight excluding hydrogens is 389 g/mol. The summed E-state index contributed by atoms with van der Waals surface area (Å²) < 4.78 is 6.60. The van der Waals surface area contributed by atoms with Crippen LogP contribution in [0.4, 0.5) is 0 Å². The molecule has 2 nitrogen and oxygen atoms in total. The number of hydrogen-bond acceptors (Lipinski definition) is 2. The zero-order valence-corrected chi connectivity index (χ0v) is 21.9. The van der Waals surface area contributed by atoms with Gasteiger partial charge in [-0.3, -0.25) is 0 Å². The van der Waals surface area contributed by atoms with Crippen molar-refractivity contribution in [2.24, 2.45) is 17.8 Å². The summed E-state index contributed by atoms with van der Waals surface area (Å²) in [6, 6.07) is 0. The van der Waals surface area contributed by atoms with E-state index in [1.165, 1.54) is 56.9 Å². The summed E-state index contributed by atoms with van der Waals surface area (Å²) in [5.74, 6) is 4.04. The number of aromatic hydroxyl groups is 1. The molecule has 2 rings (SSSR count). The predicted molar refractivity (Wildman–Crippen MR) is 134 cm³/mol. The van der Waals surface area contributed by atoms with Crippen molar-refractivity contribution < 1.29 is 9.84 Å². The summed E-state index contributed by atoms with van der Waals surface area (Å²) in [6.07, 6.45) is 14.1. The van der Waals surface area contributed by atoms with Crippen molar-refractivity contribution in [2.45, 2.75) is 132 Å². The Kier molecular flexibility index (Phi) is 9.77. The second-order valence-corrected chi connectivity index (χ2v) is 11.4. The highest BCUT2D eigenvalue weighted by molar-refractivity contribution is 5.58. The van der Waals surface area contributed by atoms with E-state index in [4.69, 9.17) is 4.74 Å². The minimum atomic E-state index is -0.0712. The molecule has 178 valence electrons. The number of fused-ring (bicyclic) bond motifs is 1. The molecule has 1 aliphatic rings. The predicted octanol–water partition coefficient (Wildman–Crippen LogP) is 8.84. The second-order valence-electron chi connectivity index (χ2n) is 11.4. The van der Waals surface area contributed by atoms with Crippen molar-refractivity contribution >= 4 is 0 Å². The van der Waals surface area contributed by atoms with Crippen LogP contribution < -0.4 is 4.74 Å². The fourth-order valence-electron chi connectivity index (χ4n) is 5.27. The summed E-state index contributed by atoms with van der Waals surface area (Å²) in [6.45, 7) is 17.9. The van der Waals surface area contributed by atoms with Crippen LogP contribution in [0.2, 0.25) is 0 Å². The van der Waals surface area contributed by atoms with Gasteiger partial charge in [0, 0.05) is 5.56 Å². The lowest BCUT2D eigenvalue weighted by Crippen LogP contribution is -2.37. The topological polar surface area (TPSA) is 29.5 Å². The van der Waals surface area contributed by atoms with Crippen LogP contribution in [0.5, 0.6) is 11.5 Å². The Morgan fingerprint density at radius 3 is 1.94 bits per heavy atom. The minimum absolute atomic E-state index is 0.0712. The molecule has 1 aromatic carbocycles. The fraction of sp³-hybridized carbons (Fsp3) is 0.793. The third kappa shape index (κ3) is 7.43. The van der Waals surface area contributed by atoms with E-state index in [0.29, 0.717) is 5.75 Å². The highest BCUT2D eigenvalue weighted by atomic mass is 16.6. The molecule has 0 bridgehead atoms. The Labute approximate surface area is 193 Å². The average Bonchev–Trinajstić information content (AvgIpc) is 2.70. The number of phenolic OH excluding ortho intramolecular Hbond substituents is 1. The maximum atomic E-state index is 10.4. The van der Waals surface area contributed by atoms with Gasteiger partial charge in [0.2, 0.25) is 0 Å². The van der Waals surface area contributed by atoms with Gasteiger partial charge in [0.25, 0.3) is 0 Å². The zero-order valence-electron chi connectivity index (χ0n) is 21.9. The lowest BCUT2D eigenvalue weighted by Gasteiger charge is -2.38. The molecule has 0 radical (unpaired) electrons. The Bertz CT molecular complexity index is 705. The highest BCUT2D eigenvalue weighted by Gasteiger charge is 2.34. The molecule has 3 atom stereocenters. The van der Waals surface area contributed by atoms with Crippen LogP contribution in [-0.2, 0) is 6.42 Å². The van der Waals surface area contributed by atoms with Gasteiger partial charge in [-0.2, -0.15) is 0 Å². The molecule has 1 aliphatic heterocycles. The average molecular weight is 440 g/mol. The van der Waals surface area contributed by atoms with Gasteiger partial charge in [-0.1, -0.05) is 72.6 Å². The van der Waals surface area contributed by atoms with Crippen molar-refractivity contribution in [2.75, 3.05) is 0 Å². The number of benzene rings is 1. The van der Waals surface area contributed by atoms with E-state index in [2.05, 4.69) is 41.5 Å². The third-order valence-corrected chi connectivity index (χ3v) is 7.87. The van der Waals surface area contributed by atoms with E-state index in [1.807, 2.05) is 13.8 Å². The summed E-state index contributed by atoms with van der Waals surface area (Å²) in [5, 5.41) is 10.4. The molecule has 1 heterocycles. The first-order chi connectivity index (χ1) is 14.5. The number of hydrogen-bond donors (Lipinski definition) is 1. The standard InChI is InChI=1S/C29H50O2/c1-20(2)12-9-13-21(3)14-10-15-22(4)16-11-18-29(8)19-17-26-25(7)27(30)23(5)24(6)28(26)31-29/h20-22,30H,9-19H2,1-8H3/t21-,22-,29?/m1/s1/i5+1,6+1,7+1,23+1,24+1,25+1,26+1,27+1,28+1. The summed E-state index contributed by atoms with van der Waals surface area (Å²) in [5.41, 5.74) is 4.23. The first-order valence-electron chi connectivity index (χ1n) is 13.0. The van der Waals surface area contributed by atoms with Crippen molar-refractivity contribution in [3.63, 3.8) is 0 Å². The maximum Gasteiger partial charge on any atom is 0.127 e. The van der Waals surface area contributed by atoms with Crippen molar-refractivity contribution in [3.8, 4) is 11.5 Å². The Hall–Kier alpha value is -1.18. The second kappa shape index (κ2) is 11.6. The van der Waals surface area contributed by atoms with Crippen LogP contribution >= 0.6 is 0 Å².